The molecule has 6 heteroatoms. The zero-order chi connectivity index (χ0) is 18.5. The van der Waals surface area contributed by atoms with Gasteiger partial charge in [-0.3, -0.25) is 5.10 Å². The third-order valence-corrected chi connectivity index (χ3v) is 5.06. The maximum absolute atomic E-state index is 12.4. The standard InChI is InChI=1S/C20H25N3O3/c1-13-5-6-14-16(11-13)25-20(15-12-21-22-17(14)15)7-9-23(10-8-20)18(24)26-19(2,3)4/h5-6,11-12H,7-10H2,1-4H3,(H,21,22). The Labute approximate surface area is 153 Å². The molecule has 2 aliphatic rings. The summed E-state index contributed by atoms with van der Waals surface area (Å²) in [5, 5.41) is 7.40. The number of aryl methyl sites for hydroxylation is 1. The number of hydrogen-bond acceptors (Lipinski definition) is 4. The van der Waals surface area contributed by atoms with Gasteiger partial charge >= 0.3 is 6.09 Å². The predicted octanol–water partition coefficient (Wildman–Crippen LogP) is 4.00. The number of hydrogen-bond donors (Lipinski definition) is 1. The molecule has 3 heterocycles. The van der Waals surface area contributed by atoms with E-state index in [0.717, 1.165) is 28.1 Å². The zero-order valence-electron chi connectivity index (χ0n) is 15.8. The molecule has 138 valence electrons. The number of benzene rings is 1. The van der Waals surface area contributed by atoms with Crippen LogP contribution in [0, 0.1) is 6.92 Å². The van der Waals surface area contributed by atoms with E-state index in [-0.39, 0.29) is 6.09 Å². The first kappa shape index (κ1) is 16.9. The van der Waals surface area contributed by atoms with Crippen molar-refractivity contribution < 1.29 is 14.3 Å². The molecule has 4 rings (SSSR count). The maximum Gasteiger partial charge on any atom is 0.410 e. The van der Waals surface area contributed by atoms with Crippen molar-refractivity contribution in [1.82, 2.24) is 15.1 Å². The number of aromatic nitrogens is 2. The topological polar surface area (TPSA) is 67.4 Å². The van der Waals surface area contributed by atoms with Crippen molar-refractivity contribution >= 4 is 6.09 Å². The Hall–Kier alpha value is -2.50. The number of rotatable bonds is 0. The molecule has 0 bridgehead atoms. The normalized spacial score (nSPS) is 18.1. The van der Waals surface area contributed by atoms with Crippen molar-refractivity contribution in [2.24, 2.45) is 0 Å². The number of nitrogens with zero attached hydrogens (tertiary/aromatic N) is 2. The molecule has 6 nitrogen and oxygen atoms in total. The zero-order valence-corrected chi connectivity index (χ0v) is 15.8. The summed E-state index contributed by atoms with van der Waals surface area (Å²) in [5.41, 5.74) is 3.38. The number of carbonyl (C=O) groups excluding carboxylic acids is 1. The van der Waals surface area contributed by atoms with Gasteiger partial charge in [-0.05, 0) is 45.4 Å². The van der Waals surface area contributed by atoms with Gasteiger partial charge in [0.2, 0.25) is 0 Å². The van der Waals surface area contributed by atoms with Gasteiger partial charge in [0.1, 0.15) is 17.0 Å². The fraction of sp³-hybridized carbons (Fsp3) is 0.500. The first-order chi connectivity index (χ1) is 12.3. The van der Waals surface area contributed by atoms with Crippen LogP contribution in [0.1, 0.15) is 44.7 Å². The van der Waals surface area contributed by atoms with E-state index in [1.807, 2.05) is 27.0 Å². The molecule has 0 unspecified atom stereocenters. The second-order valence-electron chi connectivity index (χ2n) is 8.22. The Kier molecular flexibility index (Phi) is 3.75. The van der Waals surface area contributed by atoms with Gasteiger partial charge in [0.05, 0.1) is 11.9 Å². The summed E-state index contributed by atoms with van der Waals surface area (Å²) in [7, 11) is 0. The average molecular weight is 355 g/mol. The third-order valence-electron chi connectivity index (χ3n) is 5.06. The highest BCUT2D eigenvalue weighted by Crippen LogP contribution is 2.48. The van der Waals surface area contributed by atoms with Crippen LogP contribution in [0.2, 0.25) is 0 Å². The molecule has 0 radical (unpaired) electrons. The summed E-state index contributed by atoms with van der Waals surface area (Å²) in [6, 6.07) is 6.22. The first-order valence-corrected chi connectivity index (χ1v) is 9.09. The van der Waals surface area contributed by atoms with Crippen LogP contribution in [-0.2, 0) is 10.3 Å². The number of piperidine rings is 1. The Morgan fingerprint density at radius 2 is 2.04 bits per heavy atom. The summed E-state index contributed by atoms with van der Waals surface area (Å²) in [6.07, 6.45) is 3.03. The van der Waals surface area contributed by atoms with E-state index in [1.54, 1.807) is 4.90 Å². The SMILES string of the molecule is Cc1ccc2c(c1)OC1(CCN(C(=O)OC(C)(C)C)CC1)c1cn[nH]c1-2. The molecule has 1 fully saturated rings. The van der Waals surface area contributed by atoms with Crippen LogP contribution < -0.4 is 4.74 Å². The Morgan fingerprint density at radius 3 is 2.73 bits per heavy atom. The Bertz CT molecular complexity index is 842. The van der Waals surface area contributed by atoms with Crippen molar-refractivity contribution in [2.45, 2.75) is 51.7 Å². The molecule has 1 aromatic carbocycles. The van der Waals surface area contributed by atoms with E-state index in [1.165, 1.54) is 0 Å². The van der Waals surface area contributed by atoms with Crippen LogP contribution in [0.5, 0.6) is 5.75 Å². The van der Waals surface area contributed by atoms with E-state index in [9.17, 15) is 4.79 Å². The molecular weight excluding hydrogens is 330 g/mol. The van der Waals surface area contributed by atoms with Crippen molar-refractivity contribution in [3.8, 4) is 17.0 Å². The summed E-state index contributed by atoms with van der Waals surface area (Å²) >= 11 is 0. The molecular formula is C20H25N3O3. The minimum absolute atomic E-state index is 0.258. The number of carbonyl (C=O) groups is 1. The molecule has 0 aliphatic carbocycles. The van der Waals surface area contributed by atoms with Crippen molar-refractivity contribution in [3.63, 3.8) is 0 Å². The molecule has 1 amide bonds. The fourth-order valence-corrected chi connectivity index (χ4v) is 3.77. The van der Waals surface area contributed by atoms with E-state index in [4.69, 9.17) is 9.47 Å². The van der Waals surface area contributed by atoms with Gasteiger partial charge in [-0.15, -0.1) is 0 Å². The van der Waals surface area contributed by atoms with Crippen LogP contribution >= 0.6 is 0 Å². The highest BCUT2D eigenvalue weighted by atomic mass is 16.6. The van der Waals surface area contributed by atoms with Gasteiger partial charge in [-0.25, -0.2) is 4.79 Å². The predicted molar refractivity (Wildman–Crippen MR) is 98.1 cm³/mol. The molecule has 1 saturated heterocycles. The molecule has 1 N–H and O–H groups in total. The molecule has 0 atom stereocenters. The van der Waals surface area contributed by atoms with Crippen LogP contribution in [-0.4, -0.2) is 39.9 Å². The molecule has 0 saturated carbocycles. The van der Waals surface area contributed by atoms with Crippen LogP contribution in [0.3, 0.4) is 0 Å². The molecule has 26 heavy (non-hydrogen) atoms. The number of ether oxygens (including phenoxy) is 2. The third kappa shape index (κ3) is 2.83. The van der Waals surface area contributed by atoms with E-state index in [2.05, 4.69) is 35.3 Å². The number of aromatic amines is 1. The van der Waals surface area contributed by atoms with Crippen molar-refractivity contribution in [2.75, 3.05) is 13.1 Å². The lowest BCUT2D eigenvalue weighted by atomic mass is 9.81. The summed E-state index contributed by atoms with van der Waals surface area (Å²) in [4.78, 5) is 14.1. The highest BCUT2D eigenvalue weighted by Gasteiger charge is 2.45. The van der Waals surface area contributed by atoms with Gasteiger partial charge in [0, 0.05) is 37.1 Å². The lowest BCUT2D eigenvalue weighted by molar-refractivity contribution is -0.0216. The minimum atomic E-state index is -0.484. The molecule has 1 spiro atoms. The molecule has 1 aromatic heterocycles. The first-order valence-electron chi connectivity index (χ1n) is 9.09. The van der Waals surface area contributed by atoms with Gasteiger partial charge in [0.25, 0.3) is 0 Å². The highest BCUT2D eigenvalue weighted by molar-refractivity contribution is 5.74. The van der Waals surface area contributed by atoms with Gasteiger partial charge < -0.3 is 14.4 Å². The minimum Gasteiger partial charge on any atom is -0.482 e. The van der Waals surface area contributed by atoms with Crippen LogP contribution in [0.15, 0.2) is 24.4 Å². The van der Waals surface area contributed by atoms with Crippen LogP contribution in [0.25, 0.3) is 11.3 Å². The van der Waals surface area contributed by atoms with Gasteiger partial charge in [-0.2, -0.15) is 5.10 Å². The van der Waals surface area contributed by atoms with Crippen LogP contribution in [0.4, 0.5) is 4.79 Å². The summed E-state index contributed by atoms with van der Waals surface area (Å²) < 4.78 is 12.0. The maximum atomic E-state index is 12.4. The lowest BCUT2D eigenvalue weighted by Crippen LogP contribution is -2.50. The fourth-order valence-electron chi connectivity index (χ4n) is 3.77. The van der Waals surface area contributed by atoms with E-state index >= 15 is 0 Å². The van der Waals surface area contributed by atoms with Gasteiger partial charge in [-0.1, -0.05) is 6.07 Å². The average Bonchev–Trinajstić information content (AvgIpc) is 3.04. The van der Waals surface area contributed by atoms with Crippen molar-refractivity contribution in [1.29, 1.82) is 0 Å². The van der Waals surface area contributed by atoms with E-state index in [0.29, 0.717) is 25.9 Å². The van der Waals surface area contributed by atoms with Crippen molar-refractivity contribution in [3.05, 3.63) is 35.5 Å². The second-order valence-corrected chi connectivity index (χ2v) is 8.22. The smallest absolute Gasteiger partial charge is 0.410 e. The number of likely N-dealkylation sites (tertiary alicyclic amines) is 1. The number of H-pyrrole nitrogens is 1. The number of nitrogens with one attached hydrogen (secondary N) is 1. The lowest BCUT2D eigenvalue weighted by Gasteiger charge is -2.44. The Morgan fingerprint density at radius 1 is 1.31 bits per heavy atom. The molecule has 2 aromatic rings. The summed E-state index contributed by atoms with van der Waals surface area (Å²) in [6.45, 7) is 8.91. The summed E-state index contributed by atoms with van der Waals surface area (Å²) in [5.74, 6) is 0.882. The van der Waals surface area contributed by atoms with E-state index < -0.39 is 11.2 Å². The molecule has 2 aliphatic heterocycles. The number of amides is 1. The Balaban J connectivity index is 1.59. The monoisotopic (exact) mass is 355 g/mol. The quantitative estimate of drug-likeness (QED) is 0.775. The largest absolute Gasteiger partial charge is 0.482 e. The van der Waals surface area contributed by atoms with Gasteiger partial charge in [0.15, 0.2) is 0 Å². The number of fused-ring (bicyclic) bond motifs is 4. The second kappa shape index (κ2) is 5.76.